The third kappa shape index (κ3) is 3.50. The summed E-state index contributed by atoms with van der Waals surface area (Å²) in [6.45, 7) is 2.17. The highest BCUT2D eigenvalue weighted by atomic mass is 32.2. The van der Waals surface area contributed by atoms with Crippen molar-refractivity contribution >= 4 is 28.6 Å². The third-order valence-electron chi connectivity index (χ3n) is 5.23. The first kappa shape index (κ1) is 18.9. The first-order valence-electron chi connectivity index (χ1n) is 10.2. The van der Waals surface area contributed by atoms with Crippen LogP contribution in [-0.2, 0) is 9.53 Å². The lowest BCUT2D eigenvalue weighted by Gasteiger charge is -2.16. The molecule has 2 heterocycles. The third-order valence-corrected chi connectivity index (χ3v) is 6.42. The van der Waals surface area contributed by atoms with Crippen molar-refractivity contribution in [1.29, 1.82) is 0 Å². The standard InChI is InChI=1S/C23H22N4O2S/c1-2-29-22(28)20(15-8-4-3-5-9-15)30-23-26-25-21(27(23)16-12-13-16)18-14-24-19-11-7-6-10-17(18)19/h3-11,14,16,20,24H,2,12-13H2,1H3/t20-/m0/s1. The van der Waals surface area contributed by atoms with Crippen molar-refractivity contribution in [3.8, 4) is 11.4 Å². The number of hydrogen-bond acceptors (Lipinski definition) is 5. The SMILES string of the molecule is CCOC(=O)[C@@H](Sc1nnc(-c2c[nH]c3ccccc23)n1C1CC1)c1ccccc1. The molecule has 1 aliphatic carbocycles. The monoisotopic (exact) mass is 418 g/mol. The molecule has 7 heteroatoms. The van der Waals surface area contributed by atoms with Crippen LogP contribution in [0, 0.1) is 0 Å². The van der Waals surface area contributed by atoms with Crippen LogP contribution in [0.2, 0.25) is 0 Å². The Morgan fingerprint density at radius 1 is 1.17 bits per heavy atom. The van der Waals surface area contributed by atoms with Crippen molar-refractivity contribution in [2.24, 2.45) is 0 Å². The number of carbonyl (C=O) groups is 1. The van der Waals surface area contributed by atoms with Crippen molar-refractivity contribution in [2.75, 3.05) is 6.61 Å². The minimum atomic E-state index is -0.483. The van der Waals surface area contributed by atoms with Gasteiger partial charge in [-0.2, -0.15) is 0 Å². The lowest BCUT2D eigenvalue weighted by molar-refractivity contribution is -0.142. The normalized spacial score (nSPS) is 14.7. The van der Waals surface area contributed by atoms with Gasteiger partial charge in [-0.1, -0.05) is 60.3 Å². The van der Waals surface area contributed by atoms with E-state index in [0.717, 1.165) is 45.9 Å². The topological polar surface area (TPSA) is 72.8 Å². The van der Waals surface area contributed by atoms with Crippen LogP contribution in [0.15, 0.2) is 66.0 Å². The number of benzene rings is 2. The van der Waals surface area contributed by atoms with Crippen molar-refractivity contribution in [2.45, 2.75) is 36.2 Å². The van der Waals surface area contributed by atoms with Gasteiger partial charge in [0.2, 0.25) is 0 Å². The van der Waals surface area contributed by atoms with E-state index in [2.05, 4.69) is 31.9 Å². The highest BCUT2D eigenvalue weighted by molar-refractivity contribution is 8.00. The molecule has 1 saturated carbocycles. The Hall–Kier alpha value is -3.06. The summed E-state index contributed by atoms with van der Waals surface area (Å²) in [6.07, 6.45) is 4.18. The number of fused-ring (bicyclic) bond motifs is 1. The molecule has 0 bridgehead atoms. The van der Waals surface area contributed by atoms with E-state index >= 15 is 0 Å². The van der Waals surface area contributed by atoms with Gasteiger partial charge in [0.25, 0.3) is 0 Å². The molecule has 152 valence electrons. The molecule has 1 fully saturated rings. The van der Waals surface area contributed by atoms with Gasteiger partial charge in [0, 0.05) is 28.7 Å². The molecule has 1 aliphatic rings. The van der Waals surface area contributed by atoms with Crippen LogP contribution in [0.25, 0.3) is 22.3 Å². The van der Waals surface area contributed by atoms with E-state index in [9.17, 15) is 4.79 Å². The number of esters is 1. The molecule has 0 aliphatic heterocycles. The molecule has 0 amide bonds. The van der Waals surface area contributed by atoms with E-state index in [-0.39, 0.29) is 5.97 Å². The Bertz CT molecular complexity index is 1180. The summed E-state index contributed by atoms with van der Waals surface area (Å²) < 4.78 is 7.55. The molecular weight excluding hydrogens is 396 g/mol. The van der Waals surface area contributed by atoms with E-state index in [1.54, 1.807) is 0 Å². The van der Waals surface area contributed by atoms with Crippen LogP contribution < -0.4 is 0 Å². The van der Waals surface area contributed by atoms with E-state index in [0.29, 0.717) is 12.6 Å². The molecular formula is C23H22N4O2S. The van der Waals surface area contributed by atoms with E-state index in [4.69, 9.17) is 4.74 Å². The largest absolute Gasteiger partial charge is 0.465 e. The fourth-order valence-corrected chi connectivity index (χ4v) is 4.77. The smallest absolute Gasteiger partial charge is 0.324 e. The number of aromatic amines is 1. The Balaban J connectivity index is 1.55. The molecule has 0 spiro atoms. The Morgan fingerprint density at radius 2 is 1.93 bits per heavy atom. The summed E-state index contributed by atoms with van der Waals surface area (Å²) in [5, 5.41) is 10.4. The summed E-state index contributed by atoms with van der Waals surface area (Å²) in [5.74, 6) is 0.584. The van der Waals surface area contributed by atoms with Crippen LogP contribution >= 0.6 is 11.8 Å². The summed E-state index contributed by atoms with van der Waals surface area (Å²) in [7, 11) is 0. The van der Waals surface area contributed by atoms with Crippen LogP contribution in [-0.4, -0.2) is 32.3 Å². The summed E-state index contributed by atoms with van der Waals surface area (Å²) in [5.41, 5.74) is 3.00. The molecule has 2 aromatic heterocycles. The highest BCUT2D eigenvalue weighted by Crippen LogP contribution is 2.45. The number of nitrogens with one attached hydrogen (secondary N) is 1. The number of H-pyrrole nitrogens is 1. The first-order chi connectivity index (χ1) is 14.8. The zero-order chi connectivity index (χ0) is 20.5. The number of carbonyl (C=O) groups excluding carboxylic acids is 1. The average Bonchev–Trinajstić information content (AvgIpc) is 3.39. The Morgan fingerprint density at radius 3 is 2.70 bits per heavy atom. The number of para-hydroxylation sites is 1. The van der Waals surface area contributed by atoms with Gasteiger partial charge in [-0.25, -0.2) is 0 Å². The lowest BCUT2D eigenvalue weighted by Crippen LogP contribution is -2.14. The van der Waals surface area contributed by atoms with Gasteiger partial charge in [-0.15, -0.1) is 10.2 Å². The summed E-state index contributed by atoms with van der Waals surface area (Å²) in [4.78, 5) is 16.1. The molecule has 1 N–H and O–H groups in total. The quantitative estimate of drug-likeness (QED) is 0.332. The van der Waals surface area contributed by atoms with Crippen molar-refractivity contribution in [3.63, 3.8) is 0 Å². The molecule has 0 saturated heterocycles. The van der Waals surface area contributed by atoms with Crippen LogP contribution in [0.5, 0.6) is 0 Å². The number of thioether (sulfide) groups is 1. The second-order valence-corrected chi connectivity index (χ2v) is 8.39. The lowest BCUT2D eigenvalue weighted by atomic mass is 10.1. The predicted octanol–water partition coefficient (Wildman–Crippen LogP) is 5.16. The molecule has 0 radical (unpaired) electrons. The minimum absolute atomic E-state index is 0.257. The molecule has 30 heavy (non-hydrogen) atoms. The first-order valence-corrected chi connectivity index (χ1v) is 11.0. The number of rotatable bonds is 7. The van der Waals surface area contributed by atoms with Gasteiger partial charge in [0.1, 0.15) is 5.25 Å². The number of hydrogen-bond donors (Lipinski definition) is 1. The maximum absolute atomic E-state index is 12.7. The second-order valence-electron chi connectivity index (χ2n) is 7.32. The fourth-order valence-electron chi connectivity index (χ4n) is 3.66. The molecule has 6 nitrogen and oxygen atoms in total. The molecule has 2 aromatic carbocycles. The van der Waals surface area contributed by atoms with Crippen molar-refractivity contribution < 1.29 is 9.53 Å². The van der Waals surface area contributed by atoms with E-state index < -0.39 is 5.25 Å². The van der Waals surface area contributed by atoms with Gasteiger partial charge >= 0.3 is 5.97 Å². The Kier molecular flexibility index (Phi) is 5.04. The zero-order valence-electron chi connectivity index (χ0n) is 16.6. The second kappa shape index (κ2) is 7.99. The van der Waals surface area contributed by atoms with Gasteiger partial charge in [0.15, 0.2) is 11.0 Å². The summed E-state index contributed by atoms with van der Waals surface area (Å²) >= 11 is 1.41. The number of aromatic nitrogens is 4. The van der Waals surface area contributed by atoms with Crippen molar-refractivity contribution in [3.05, 3.63) is 66.4 Å². The number of ether oxygens (including phenoxy) is 1. The van der Waals surface area contributed by atoms with Crippen LogP contribution in [0.4, 0.5) is 0 Å². The van der Waals surface area contributed by atoms with Gasteiger partial charge in [-0.05, 0) is 31.4 Å². The average molecular weight is 419 g/mol. The summed E-state index contributed by atoms with van der Waals surface area (Å²) in [6, 6.07) is 18.3. The molecule has 4 aromatic rings. The molecule has 1 atom stereocenters. The van der Waals surface area contributed by atoms with Crippen molar-refractivity contribution in [1.82, 2.24) is 19.7 Å². The molecule has 0 unspecified atom stereocenters. The zero-order valence-corrected chi connectivity index (χ0v) is 17.4. The van der Waals surface area contributed by atoms with E-state index in [1.807, 2.05) is 55.6 Å². The van der Waals surface area contributed by atoms with E-state index in [1.165, 1.54) is 11.8 Å². The van der Waals surface area contributed by atoms with Crippen LogP contribution in [0.3, 0.4) is 0 Å². The van der Waals surface area contributed by atoms with Gasteiger partial charge in [0.05, 0.1) is 6.61 Å². The maximum Gasteiger partial charge on any atom is 0.324 e. The predicted molar refractivity (Wildman–Crippen MR) is 117 cm³/mol. The highest BCUT2D eigenvalue weighted by Gasteiger charge is 2.33. The van der Waals surface area contributed by atoms with Gasteiger partial charge in [-0.3, -0.25) is 9.36 Å². The Labute approximate surface area is 178 Å². The number of nitrogens with zero attached hydrogens (tertiary/aromatic N) is 3. The fraction of sp³-hybridized carbons (Fsp3) is 0.261. The van der Waals surface area contributed by atoms with Gasteiger partial charge < -0.3 is 9.72 Å². The maximum atomic E-state index is 12.7. The molecule has 5 rings (SSSR count). The minimum Gasteiger partial charge on any atom is -0.465 e. The van der Waals surface area contributed by atoms with Crippen LogP contribution in [0.1, 0.15) is 36.6 Å².